The minimum absolute atomic E-state index is 0.128. The summed E-state index contributed by atoms with van der Waals surface area (Å²) in [5, 5.41) is 0.393. The molecule has 1 amide bonds. The topological polar surface area (TPSA) is 81.9 Å². The standard InChI is InChI=1S/C23H27ClN2O4/c1-4-29-23(28)30-17-10-15(3)18(19(24)11-17)12-20(25)22(27)26-13-14(2)9-16-7-5-6-8-21(16)26/h5-8,10-11,14,20H,4,9,12-13,25H2,1-3H3/t14?,20-/m0/s1. The molecule has 0 radical (unpaired) electrons. The minimum Gasteiger partial charge on any atom is -0.434 e. The van der Waals surface area contributed by atoms with Gasteiger partial charge in [-0.05, 0) is 67.5 Å². The molecular weight excluding hydrogens is 404 g/mol. The third kappa shape index (κ3) is 4.94. The van der Waals surface area contributed by atoms with Crippen LogP contribution >= 0.6 is 11.6 Å². The average Bonchev–Trinajstić information content (AvgIpc) is 2.69. The van der Waals surface area contributed by atoms with Crippen molar-refractivity contribution in [3.05, 3.63) is 58.1 Å². The molecule has 2 atom stereocenters. The fraction of sp³-hybridized carbons (Fsp3) is 0.391. The first kappa shape index (κ1) is 22.1. The van der Waals surface area contributed by atoms with E-state index in [1.54, 1.807) is 17.9 Å². The van der Waals surface area contributed by atoms with Gasteiger partial charge in [0.1, 0.15) is 5.75 Å². The second kappa shape index (κ2) is 9.49. The van der Waals surface area contributed by atoms with Gasteiger partial charge in [-0.1, -0.05) is 36.7 Å². The highest BCUT2D eigenvalue weighted by atomic mass is 35.5. The van der Waals surface area contributed by atoms with E-state index in [1.165, 1.54) is 6.07 Å². The number of amides is 1. The number of fused-ring (bicyclic) bond motifs is 1. The second-order valence-electron chi connectivity index (χ2n) is 7.68. The van der Waals surface area contributed by atoms with Crippen molar-refractivity contribution in [1.82, 2.24) is 0 Å². The third-order valence-corrected chi connectivity index (χ3v) is 5.54. The van der Waals surface area contributed by atoms with Crippen molar-refractivity contribution >= 4 is 29.4 Å². The molecule has 1 aliphatic rings. The maximum Gasteiger partial charge on any atom is 0.513 e. The zero-order chi connectivity index (χ0) is 21.8. The van der Waals surface area contributed by atoms with Crippen molar-refractivity contribution in [1.29, 1.82) is 0 Å². The van der Waals surface area contributed by atoms with Crippen molar-refractivity contribution < 1.29 is 19.1 Å². The Hall–Kier alpha value is -2.57. The molecule has 0 saturated carbocycles. The predicted molar refractivity (Wildman–Crippen MR) is 117 cm³/mol. The lowest BCUT2D eigenvalue weighted by Crippen LogP contribution is -2.48. The zero-order valence-corrected chi connectivity index (χ0v) is 18.2. The van der Waals surface area contributed by atoms with Crippen molar-refractivity contribution in [2.24, 2.45) is 11.7 Å². The van der Waals surface area contributed by atoms with E-state index < -0.39 is 12.2 Å². The first-order chi connectivity index (χ1) is 14.3. The molecule has 0 bridgehead atoms. The highest BCUT2D eigenvalue weighted by Crippen LogP contribution is 2.31. The molecule has 0 aliphatic carbocycles. The Labute approximate surface area is 181 Å². The monoisotopic (exact) mass is 430 g/mol. The van der Waals surface area contributed by atoms with E-state index >= 15 is 0 Å². The summed E-state index contributed by atoms with van der Waals surface area (Å²) < 4.78 is 9.90. The van der Waals surface area contributed by atoms with Gasteiger partial charge in [-0.2, -0.15) is 0 Å². The number of aryl methyl sites for hydroxylation is 1. The molecule has 0 saturated heterocycles. The maximum absolute atomic E-state index is 13.2. The van der Waals surface area contributed by atoms with Crippen LogP contribution in [-0.2, 0) is 22.4 Å². The number of hydrogen-bond donors (Lipinski definition) is 1. The van der Waals surface area contributed by atoms with Gasteiger partial charge in [0.2, 0.25) is 5.91 Å². The molecule has 160 valence electrons. The van der Waals surface area contributed by atoms with Gasteiger partial charge < -0.3 is 20.1 Å². The average molecular weight is 431 g/mol. The third-order valence-electron chi connectivity index (χ3n) is 5.21. The molecule has 30 heavy (non-hydrogen) atoms. The Morgan fingerprint density at radius 2 is 2.03 bits per heavy atom. The summed E-state index contributed by atoms with van der Waals surface area (Å²) in [4.78, 5) is 26.5. The lowest BCUT2D eigenvalue weighted by atomic mass is 9.92. The van der Waals surface area contributed by atoms with E-state index in [1.807, 2.05) is 25.1 Å². The number of hydrogen-bond acceptors (Lipinski definition) is 5. The lowest BCUT2D eigenvalue weighted by Gasteiger charge is -2.34. The molecule has 6 nitrogen and oxygen atoms in total. The van der Waals surface area contributed by atoms with Crippen LogP contribution in [0.3, 0.4) is 0 Å². The predicted octanol–water partition coefficient (Wildman–Crippen LogP) is 4.28. The molecular formula is C23H27ClN2O4. The largest absolute Gasteiger partial charge is 0.513 e. The molecule has 1 unspecified atom stereocenters. The van der Waals surface area contributed by atoms with E-state index in [2.05, 4.69) is 13.0 Å². The number of ether oxygens (including phenoxy) is 2. The number of carbonyl (C=O) groups excluding carboxylic acids is 2. The Balaban J connectivity index is 1.77. The number of halogens is 1. The summed E-state index contributed by atoms with van der Waals surface area (Å²) >= 11 is 6.42. The van der Waals surface area contributed by atoms with Crippen molar-refractivity contribution in [3.8, 4) is 5.75 Å². The van der Waals surface area contributed by atoms with Crippen molar-refractivity contribution in [3.63, 3.8) is 0 Å². The fourth-order valence-electron chi connectivity index (χ4n) is 3.82. The van der Waals surface area contributed by atoms with E-state index in [0.717, 1.165) is 28.8 Å². The number of nitrogens with zero attached hydrogens (tertiary/aromatic N) is 1. The first-order valence-electron chi connectivity index (χ1n) is 10.1. The van der Waals surface area contributed by atoms with E-state index in [0.29, 0.717) is 23.2 Å². The molecule has 0 aromatic heterocycles. The summed E-state index contributed by atoms with van der Waals surface area (Å²) in [5.41, 5.74) is 9.96. The number of carbonyl (C=O) groups is 2. The summed E-state index contributed by atoms with van der Waals surface area (Å²) in [5.74, 6) is 0.524. The van der Waals surface area contributed by atoms with Gasteiger partial charge in [-0.15, -0.1) is 0 Å². The van der Waals surface area contributed by atoms with Gasteiger partial charge in [0.25, 0.3) is 0 Å². The number of rotatable bonds is 5. The molecule has 0 fully saturated rings. The molecule has 0 spiro atoms. The molecule has 2 aromatic carbocycles. The van der Waals surface area contributed by atoms with Crippen LogP contribution in [0.1, 0.15) is 30.5 Å². The summed E-state index contributed by atoms with van der Waals surface area (Å²) in [6.07, 6.45) is 0.448. The Bertz CT molecular complexity index is 924. The van der Waals surface area contributed by atoms with Crippen LogP contribution in [-0.4, -0.2) is 31.3 Å². The van der Waals surface area contributed by atoms with Crippen LogP contribution in [0.2, 0.25) is 5.02 Å². The van der Waals surface area contributed by atoms with Gasteiger partial charge >= 0.3 is 6.16 Å². The van der Waals surface area contributed by atoms with Crippen molar-refractivity contribution in [2.45, 2.75) is 39.7 Å². The van der Waals surface area contributed by atoms with Crippen LogP contribution in [0, 0.1) is 12.8 Å². The number of nitrogens with two attached hydrogens (primary N) is 1. The van der Waals surface area contributed by atoms with E-state index in [4.69, 9.17) is 26.8 Å². The smallest absolute Gasteiger partial charge is 0.434 e. The summed E-state index contributed by atoms with van der Waals surface area (Å²) in [7, 11) is 0. The van der Waals surface area contributed by atoms with Crippen LogP contribution in [0.5, 0.6) is 5.75 Å². The van der Waals surface area contributed by atoms with Gasteiger partial charge in [0, 0.05) is 17.3 Å². The summed E-state index contributed by atoms with van der Waals surface area (Å²) in [6, 6.07) is 10.4. The minimum atomic E-state index is -0.787. The van der Waals surface area contributed by atoms with E-state index in [-0.39, 0.29) is 18.9 Å². The van der Waals surface area contributed by atoms with Crippen LogP contribution in [0.25, 0.3) is 0 Å². The van der Waals surface area contributed by atoms with Crippen LogP contribution < -0.4 is 15.4 Å². The first-order valence-corrected chi connectivity index (χ1v) is 10.5. The fourth-order valence-corrected chi connectivity index (χ4v) is 4.15. The number of para-hydroxylation sites is 1. The van der Waals surface area contributed by atoms with Gasteiger partial charge in [0.05, 0.1) is 12.6 Å². The quantitative estimate of drug-likeness (QED) is 0.565. The molecule has 2 aromatic rings. The van der Waals surface area contributed by atoms with Gasteiger partial charge in [-0.25, -0.2) is 4.79 Å². The molecule has 7 heteroatoms. The normalized spacial score (nSPS) is 16.6. The Kier molecular flexibility index (Phi) is 7.00. The number of anilines is 1. The van der Waals surface area contributed by atoms with Gasteiger partial charge in [-0.3, -0.25) is 4.79 Å². The van der Waals surface area contributed by atoms with Crippen LogP contribution in [0.15, 0.2) is 36.4 Å². The van der Waals surface area contributed by atoms with E-state index in [9.17, 15) is 9.59 Å². The van der Waals surface area contributed by atoms with Crippen molar-refractivity contribution in [2.75, 3.05) is 18.1 Å². The number of benzene rings is 2. The molecule has 2 N–H and O–H groups in total. The lowest BCUT2D eigenvalue weighted by molar-refractivity contribution is -0.120. The molecule has 1 heterocycles. The highest BCUT2D eigenvalue weighted by molar-refractivity contribution is 6.31. The molecule has 1 aliphatic heterocycles. The zero-order valence-electron chi connectivity index (χ0n) is 17.5. The molecule has 3 rings (SSSR count). The maximum atomic E-state index is 13.2. The Morgan fingerprint density at radius 1 is 1.30 bits per heavy atom. The SMILES string of the molecule is CCOC(=O)Oc1cc(C)c(C[C@H](N)C(=O)N2CC(C)Cc3ccccc32)c(Cl)c1. The van der Waals surface area contributed by atoms with Crippen LogP contribution in [0.4, 0.5) is 10.5 Å². The second-order valence-corrected chi connectivity index (χ2v) is 8.09. The Morgan fingerprint density at radius 3 is 2.73 bits per heavy atom. The van der Waals surface area contributed by atoms with Gasteiger partial charge in [0.15, 0.2) is 0 Å². The highest BCUT2D eigenvalue weighted by Gasteiger charge is 2.30. The summed E-state index contributed by atoms with van der Waals surface area (Å²) in [6.45, 7) is 6.53.